The van der Waals surface area contributed by atoms with Crippen LogP contribution in [0, 0.1) is 5.82 Å². The molecule has 1 aromatic rings. The second kappa shape index (κ2) is 9.37. The molecule has 2 aliphatic rings. The molecule has 0 heterocycles. The summed E-state index contributed by atoms with van der Waals surface area (Å²) in [5, 5.41) is 17.0. The van der Waals surface area contributed by atoms with E-state index in [-0.39, 0.29) is 47.9 Å². The van der Waals surface area contributed by atoms with Crippen molar-refractivity contribution in [2.45, 2.75) is 63.1 Å². The molecule has 0 aromatic heterocycles. The third kappa shape index (κ3) is 5.44. The molecule has 25 heavy (non-hydrogen) atoms. The van der Waals surface area contributed by atoms with Gasteiger partial charge in [0.15, 0.2) is 5.96 Å². The fourth-order valence-corrected chi connectivity index (χ4v) is 3.72. The van der Waals surface area contributed by atoms with Gasteiger partial charge in [-0.2, -0.15) is 0 Å². The SMILES string of the molecule is CCN=C(NC1CCC(O)CC1)NC1CC1c1c(F)cccc1Cl.I. The average molecular weight is 482 g/mol. The molecule has 2 aliphatic carbocycles. The maximum absolute atomic E-state index is 14.0. The number of halogens is 3. The summed E-state index contributed by atoms with van der Waals surface area (Å²) in [6.07, 6.45) is 4.23. The monoisotopic (exact) mass is 481 g/mol. The second-order valence-electron chi connectivity index (χ2n) is 6.70. The maximum atomic E-state index is 14.0. The number of nitrogens with zero attached hydrogens (tertiary/aromatic N) is 1. The largest absolute Gasteiger partial charge is 0.393 e. The number of aliphatic hydroxyl groups is 1. The van der Waals surface area contributed by atoms with Crippen molar-refractivity contribution in [1.82, 2.24) is 10.6 Å². The Morgan fingerprint density at radius 1 is 1.28 bits per heavy atom. The molecule has 0 bridgehead atoms. The van der Waals surface area contributed by atoms with E-state index in [0.717, 1.165) is 38.1 Å². The van der Waals surface area contributed by atoms with Crippen LogP contribution in [0.4, 0.5) is 4.39 Å². The van der Waals surface area contributed by atoms with Gasteiger partial charge in [-0.3, -0.25) is 4.99 Å². The molecule has 0 radical (unpaired) electrons. The van der Waals surface area contributed by atoms with Gasteiger partial charge in [-0.15, -0.1) is 24.0 Å². The molecule has 7 heteroatoms. The minimum Gasteiger partial charge on any atom is -0.393 e. The maximum Gasteiger partial charge on any atom is 0.191 e. The van der Waals surface area contributed by atoms with Crippen LogP contribution in [0.15, 0.2) is 23.2 Å². The van der Waals surface area contributed by atoms with Crippen molar-refractivity contribution < 1.29 is 9.50 Å². The summed E-state index contributed by atoms with van der Waals surface area (Å²) in [5.41, 5.74) is 0.605. The number of hydrogen-bond acceptors (Lipinski definition) is 2. The predicted molar refractivity (Wildman–Crippen MR) is 110 cm³/mol. The Bertz CT molecular complexity index is 588. The molecule has 0 spiro atoms. The van der Waals surface area contributed by atoms with Crippen molar-refractivity contribution in [3.8, 4) is 0 Å². The van der Waals surface area contributed by atoms with Crippen LogP contribution in [0.3, 0.4) is 0 Å². The highest BCUT2D eigenvalue weighted by Gasteiger charge is 2.42. The lowest BCUT2D eigenvalue weighted by Gasteiger charge is -2.27. The molecule has 3 N–H and O–H groups in total. The third-order valence-corrected chi connectivity index (χ3v) is 5.17. The van der Waals surface area contributed by atoms with Crippen LogP contribution in [0.5, 0.6) is 0 Å². The normalized spacial score (nSPS) is 28.9. The second-order valence-corrected chi connectivity index (χ2v) is 7.11. The Kier molecular flexibility index (Phi) is 7.76. The van der Waals surface area contributed by atoms with Gasteiger partial charge in [0.05, 0.1) is 6.10 Å². The molecule has 2 saturated carbocycles. The minimum absolute atomic E-state index is 0. The number of aliphatic imine (C=N–C) groups is 1. The van der Waals surface area contributed by atoms with Gasteiger partial charge in [0.25, 0.3) is 0 Å². The molecule has 0 aliphatic heterocycles. The van der Waals surface area contributed by atoms with Crippen LogP contribution in [0.25, 0.3) is 0 Å². The first-order valence-electron chi connectivity index (χ1n) is 8.78. The summed E-state index contributed by atoms with van der Waals surface area (Å²) in [5.74, 6) is 0.634. The highest BCUT2D eigenvalue weighted by Crippen LogP contribution is 2.44. The van der Waals surface area contributed by atoms with E-state index in [1.54, 1.807) is 12.1 Å². The number of aliphatic hydroxyl groups excluding tert-OH is 1. The van der Waals surface area contributed by atoms with Gasteiger partial charge < -0.3 is 15.7 Å². The topological polar surface area (TPSA) is 56.7 Å². The quantitative estimate of drug-likeness (QED) is 0.348. The Hall–Kier alpha value is -0.600. The lowest BCUT2D eigenvalue weighted by atomic mass is 9.93. The number of nitrogens with one attached hydrogen (secondary N) is 2. The summed E-state index contributed by atoms with van der Waals surface area (Å²) in [6.45, 7) is 2.68. The smallest absolute Gasteiger partial charge is 0.191 e. The fraction of sp³-hybridized carbons (Fsp3) is 0.611. The van der Waals surface area contributed by atoms with Gasteiger partial charge in [0.1, 0.15) is 5.82 Å². The first-order valence-corrected chi connectivity index (χ1v) is 9.15. The van der Waals surface area contributed by atoms with E-state index in [0.29, 0.717) is 23.2 Å². The number of guanidine groups is 1. The van der Waals surface area contributed by atoms with E-state index in [9.17, 15) is 9.50 Å². The zero-order chi connectivity index (χ0) is 17.1. The molecule has 2 fully saturated rings. The Morgan fingerprint density at radius 2 is 2.00 bits per heavy atom. The highest BCUT2D eigenvalue weighted by atomic mass is 127. The van der Waals surface area contributed by atoms with Gasteiger partial charge in [0.2, 0.25) is 0 Å². The molecule has 0 amide bonds. The minimum atomic E-state index is -0.236. The molecular weight excluding hydrogens is 456 g/mol. The molecule has 1 aromatic carbocycles. The van der Waals surface area contributed by atoms with Gasteiger partial charge in [0, 0.05) is 35.1 Å². The Balaban J connectivity index is 0.00000225. The van der Waals surface area contributed by atoms with Gasteiger partial charge in [-0.05, 0) is 51.2 Å². The summed E-state index contributed by atoms with van der Waals surface area (Å²) < 4.78 is 14.0. The molecule has 3 rings (SSSR count). The lowest BCUT2D eigenvalue weighted by molar-refractivity contribution is 0.120. The Morgan fingerprint density at radius 3 is 2.64 bits per heavy atom. The zero-order valence-electron chi connectivity index (χ0n) is 14.3. The van der Waals surface area contributed by atoms with Crippen LogP contribution in [-0.2, 0) is 0 Å². The molecule has 0 saturated heterocycles. The van der Waals surface area contributed by atoms with Crippen molar-refractivity contribution in [2.75, 3.05) is 6.54 Å². The van der Waals surface area contributed by atoms with Crippen molar-refractivity contribution in [3.63, 3.8) is 0 Å². The number of rotatable bonds is 4. The molecular formula is C18H26ClFIN3O. The predicted octanol–water partition coefficient (Wildman–Crippen LogP) is 3.81. The van der Waals surface area contributed by atoms with Gasteiger partial charge >= 0.3 is 0 Å². The van der Waals surface area contributed by atoms with E-state index in [1.165, 1.54) is 6.07 Å². The van der Waals surface area contributed by atoms with Crippen molar-refractivity contribution in [2.24, 2.45) is 4.99 Å². The van der Waals surface area contributed by atoms with Crippen LogP contribution in [0.1, 0.15) is 50.5 Å². The lowest BCUT2D eigenvalue weighted by Crippen LogP contribution is -2.46. The number of benzene rings is 1. The van der Waals surface area contributed by atoms with Crippen LogP contribution in [-0.4, -0.2) is 35.8 Å². The first kappa shape index (κ1) is 20.7. The summed E-state index contributed by atoms with van der Waals surface area (Å²) >= 11 is 6.16. The van der Waals surface area contributed by atoms with Crippen LogP contribution >= 0.6 is 35.6 Å². The molecule has 140 valence electrons. The average Bonchev–Trinajstić information content (AvgIpc) is 3.28. The zero-order valence-corrected chi connectivity index (χ0v) is 17.4. The van der Waals surface area contributed by atoms with Crippen molar-refractivity contribution >= 4 is 41.5 Å². The molecule has 2 unspecified atom stereocenters. The summed E-state index contributed by atoms with van der Waals surface area (Å²) in [7, 11) is 0. The molecule has 4 nitrogen and oxygen atoms in total. The fourth-order valence-electron chi connectivity index (χ4n) is 3.42. The van der Waals surface area contributed by atoms with E-state index in [2.05, 4.69) is 15.6 Å². The van der Waals surface area contributed by atoms with Crippen LogP contribution in [0.2, 0.25) is 5.02 Å². The van der Waals surface area contributed by atoms with E-state index in [4.69, 9.17) is 11.6 Å². The van der Waals surface area contributed by atoms with E-state index < -0.39 is 0 Å². The van der Waals surface area contributed by atoms with Crippen molar-refractivity contribution in [3.05, 3.63) is 34.6 Å². The highest BCUT2D eigenvalue weighted by molar-refractivity contribution is 14.0. The van der Waals surface area contributed by atoms with Crippen molar-refractivity contribution in [1.29, 1.82) is 0 Å². The summed E-state index contributed by atoms with van der Waals surface area (Å²) in [6, 6.07) is 5.33. The van der Waals surface area contributed by atoms with E-state index >= 15 is 0 Å². The van der Waals surface area contributed by atoms with Gasteiger partial charge in [-0.25, -0.2) is 4.39 Å². The number of hydrogen-bond donors (Lipinski definition) is 3. The first-order chi connectivity index (χ1) is 11.6. The van der Waals surface area contributed by atoms with Gasteiger partial charge in [-0.1, -0.05) is 17.7 Å². The summed E-state index contributed by atoms with van der Waals surface area (Å²) in [4.78, 5) is 4.50. The van der Waals surface area contributed by atoms with Crippen LogP contribution < -0.4 is 10.6 Å². The third-order valence-electron chi connectivity index (χ3n) is 4.84. The van der Waals surface area contributed by atoms with E-state index in [1.807, 2.05) is 6.92 Å². The molecule has 2 atom stereocenters. The standard InChI is InChI=1S/C18H25ClFN3O.HI/c1-2-21-18(22-11-6-8-12(24)9-7-11)23-16-10-13(16)17-14(19)4-3-5-15(17)20;/h3-5,11-13,16,24H,2,6-10H2,1H3,(H2,21,22,23);1H. The Labute approximate surface area is 170 Å².